The van der Waals surface area contributed by atoms with Gasteiger partial charge in [0.1, 0.15) is 0 Å². The third-order valence-electron chi connectivity index (χ3n) is 7.48. The number of amides is 3. The van der Waals surface area contributed by atoms with Gasteiger partial charge in [-0.3, -0.25) is 14.4 Å². The van der Waals surface area contributed by atoms with E-state index < -0.39 is 0 Å². The van der Waals surface area contributed by atoms with Crippen molar-refractivity contribution in [1.29, 1.82) is 0 Å². The number of hydrogen-bond donors (Lipinski definition) is 2. The molecule has 3 amide bonds. The Balaban J connectivity index is 1.26. The first-order valence-corrected chi connectivity index (χ1v) is 15.7. The van der Waals surface area contributed by atoms with E-state index in [1.165, 1.54) is 28.9 Å². The highest BCUT2D eigenvalue weighted by atomic mass is 32.1. The Bertz CT molecular complexity index is 1220. The topological polar surface area (TPSA) is 91.4 Å². The molecule has 8 heteroatoms. The quantitative estimate of drug-likeness (QED) is 0.261. The molecule has 1 fully saturated rings. The number of thiazole rings is 1. The Hall–Kier alpha value is -3.52. The van der Waals surface area contributed by atoms with Gasteiger partial charge < -0.3 is 15.5 Å². The lowest BCUT2D eigenvalue weighted by Crippen LogP contribution is -2.43. The molecular weight excluding hydrogens is 532 g/mol. The van der Waals surface area contributed by atoms with Crippen LogP contribution in [0.3, 0.4) is 0 Å². The monoisotopic (exact) mass is 574 g/mol. The molecule has 7 nitrogen and oxygen atoms in total. The van der Waals surface area contributed by atoms with E-state index in [4.69, 9.17) is 0 Å². The molecule has 0 radical (unpaired) electrons. The molecule has 1 saturated carbocycles. The second-order valence-electron chi connectivity index (χ2n) is 11.3. The SMILES string of the molecule is CC(C)CN(CC(=O)Nc1nc(CC(=O)NCCC(c2ccccc2)c2ccccc2)cs1)C(=O)C1CCCCC1. The van der Waals surface area contributed by atoms with Crippen molar-refractivity contribution in [3.8, 4) is 0 Å². The molecule has 218 valence electrons. The van der Waals surface area contributed by atoms with Crippen LogP contribution in [0, 0.1) is 11.8 Å². The van der Waals surface area contributed by atoms with Crippen molar-refractivity contribution in [1.82, 2.24) is 15.2 Å². The zero-order valence-electron chi connectivity index (χ0n) is 24.2. The first-order valence-electron chi connectivity index (χ1n) is 14.8. The fourth-order valence-electron chi connectivity index (χ4n) is 5.54. The molecule has 41 heavy (non-hydrogen) atoms. The van der Waals surface area contributed by atoms with Gasteiger partial charge in [0.2, 0.25) is 17.7 Å². The van der Waals surface area contributed by atoms with Crippen molar-refractivity contribution in [2.24, 2.45) is 11.8 Å². The smallest absolute Gasteiger partial charge is 0.245 e. The lowest BCUT2D eigenvalue weighted by molar-refractivity contribution is -0.139. The maximum absolute atomic E-state index is 13.1. The van der Waals surface area contributed by atoms with Crippen molar-refractivity contribution >= 4 is 34.2 Å². The van der Waals surface area contributed by atoms with Gasteiger partial charge in [0.25, 0.3) is 0 Å². The fourth-order valence-corrected chi connectivity index (χ4v) is 6.26. The Kier molecular flexibility index (Phi) is 11.5. The van der Waals surface area contributed by atoms with Gasteiger partial charge in [-0.15, -0.1) is 11.3 Å². The summed E-state index contributed by atoms with van der Waals surface area (Å²) in [5.41, 5.74) is 3.06. The maximum Gasteiger partial charge on any atom is 0.245 e. The van der Waals surface area contributed by atoms with Gasteiger partial charge in [0.05, 0.1) is 18.7 Å². The number of aromatic nitrogens is 1. The highest BCUT2D eigenvalue weighted by Crippen LogP contribution is 2.28. The average molecular weight is 575 g/mol. The second-order valence-corrected chi connectivity index (χ2v) is 12.2. The third-order valence-corrected chi connectivity index (χ3v) is 8.29. The number of anilines is 1. The summed E-state index contributed by atoms with van der Waals surface area (Å²) < 4.78 is 0. The Morgan fingerprint density at radius 2 is 1.56 bits per heavy atom. The molecule has 0 aliphatic heterocycles. The second kappa shape index (κ2) is 15.5. The number of rotatable bonds is 13. The number of hydrogen-bond acceptors (Lipinski definition) is 5. The Morgan fingerprint density at radius 3 is 2.17 bits per heavy atom. The predicted octanol–water partition coefficient (Wildman–Crippen LogP) is 6.03. The van der Waals surface area contributed by atoms with Gasteiger partial charge in [-0.1, -0.05) is 93.8 Å². The molecule has 0 spiro atoms. The summed E-state index contributed by atoms with van der Waals surface area (Å²) in [7, 11) is 0. The zero-order chi connectivity index (χ0) is 29.0. The number of carbonyl (C=O) groups excluding carboxylic acids is 3. The molecule has 4 rings (SSSR count). The van der Waals surface area contributed by atoms with Crippen LogP contribution in [0.4, 0.5) is 5.13 Å². The minimum Gasteiger partial charge on any atom is -0.356 e. The third kappa shape index (κ3) is 9.52. The highest BCUT2D eigenvalue weighted by molar-refractivity contribution is 7.13. The standard InChI is InChI=1S/C33H42N4O3S/c1-24(2)21-37(32(40)27-16-10-5-11-17-27)22-31(39)36-33-35-28(23-41-33)20-30(38)34-19-18-29(25-12-6-3-7-13-25)26-14-8-4-9-15-26/h3-4,6-9,12-15,23-24,27,29H,5,10-11,16-22H2,1-2H3,(H,34,38)(H,35,36,39). The fraction of sp³-hybridized carbons (Fsp3) is 0.455. The van der Waals surface area contributed by atoms with Crippen LogP contribution < -0.4 is 10.6 Å². The molecule has 0 atom stereocenters. The van der Waals surface area contributed by atoms with Crippen molar-refractivity contribution in [3.63, 3.8) is 0 Å². The molecule has 0 bridgehead atoms. The van der Waals surface area contributed by atoms with E-state index in [1.807, 2.05) is 36.4 Å². The molecule has 3 aromatic rings. The van der Waals surface area contributed by atoms with Gasteiger partial charge in [-0.25, -0.2) is 4.98 Å². The Labute approximate surface area is 247 Å². The number of nitrogens with one attached hydrogen (secondary N) is 2. The highest BCUT2D eigenvalue weighted by Gasteiger charge is 2.28. The largest absolute Gasteiger partial charge is 0.356 e. The predicted molar refractivity (Wildman–Crippen MR) is 165 cm³/mol. The minimum absolute atomic E-state index is 0.0207. The number of nitrogens with zero attached hydrogens (tertiary/aromatic N) is 2. The molecule has 2 N–H and O–H groups in total. The van der Waals surface area contributed by atoms with Crippen molar-refractivity contribution in [3.05, 3.63) is 82.9 Å². The molecule has 0 saturated heterocycles. The Morgan fingerprint density at radius 1 is 0.927 bits per heavy atom. The first kappa shape index (κ1) is 30.4. The average Bonchev–Trinajstić information content (AvgIpc) is 3.41. The summed E-state index contributed by atoms with van der Waals surface area (Å²) in [6.07, 6.45) is 6.08. The van der Waals surface area contributed by atoms with Crippen LogP contribution in [0.1, 0.15) is 75.1 Å². The van der Waals surface area contributed by atoms with Crippen LogP contribution in [0.25, 0.3) is 0 Å². The molecule has 1 aliphatic rings. The van der Waals surface area contributed by atoms with Gasteiger partial charge in [-0.2, -0.15) is 0 Å². The summed E-state index contributed by atoms with van der Waals surface area (Å²) in [6.45, 7) is 5.23. The van der Waals surface area contributed by atoms with Crippen molar-refractivity contribution in [2.75, 3.05) is 25.0 Å². The molecular formula is C33H42N4O3S. The minimum atomic E-state index is -0.256. The molecule has 1 heterocycles. The van der Waals surface area contributed by atoms with Crippen LogP contribution in [-0.4, -0.2) is 47.2 Å². The van der Waals surface area contributed by atoms with E-state index in [2.05, 4.69) is 53.7 Å². The normalized spacial score (nSPS) is 13.8. The van der Waals surface area contributed by atoms with Crippen molar-refractivity contribution < 1.29 is 14.4 Å². The summed E-state index contributed by atoms with van der Waals surface area (Å²) in [6, 6.07) is 20.7. The maximum atomic E-state index is 13.1. The van der Waals surface area contributed by atoms with Gasteiger partial charge in [0.15, 0.2) is 5.13 Å². The molecule has 0 unspecified atom stereocenters. The van der Waals surface area contributed by atoms with Gasteiger partial charge in [0, 0.05) is 30.3 Å². The summed E-state index contributed by atoms with van der Waals surface area (Å²) in [5.74, 6) is 0.222. The first-order chi connectivity index (χ1) is 19.9. The lowest BCUT2D eigenvalue weighted by atomic mass is 9.88. The molecule has 2 aromatic carbocycles. The van der Waals surface area contributed by atoms with E-state index in [9.17, 15) is 14.4 Å². The summed E-state index contributed by atoms with van der Waals surface area (Å²) >= 11 is 1.29. The van der Waals surface area contributed by atoms with Crippen LogP contribution >= 0.6 is 11.3 Å². The van der Waals surface area contributed by atoms with Gasteiger partial charge in [-0.05, 0) is 36.3 Å². The van der Waals surface area contributed by atoms with Crippen LogP contribution in [0.15, 0.2) is 66.0 Å². The van der Waals surface area contributed by atoms with E-state index in [-0.39, 0.29) is 48.4 Å². The van der Waals surface area contributed by atoms with E-state index in [1.54, 1.807) is 10.3 Å². The van der Waals surface area contributed by atoms with Crippen molar-refractivity contribution in [2.45, 2.75) is 64.7 Å². The summed E-state index contributed by atoms with van der Waals surface area (Å²) in [4.78, 5) is 44.8. The van der Waals surface area contributed by atoms with Crippen LogP contribution in [0.5, 0.6) is 0 Å². The number of benzene rings is 2. The summed E-state index contributed by atoms with van der Waals surface area (Å²) in [5, 5.41) is 8.11. The zero-order valence-corrected chi connectivity index (χ0v) is 25.0. The van der Waals surface area contributed by atoms with E-state index in [0.717, 1.165) is 32.1 Å². The molecule has 1 aliphatic carbocycles. The van der Waals surface area contributed by atoms with E-state index in [0.29, 0.717) is 23.9 Å². The van der Waals surface area contributed by atoms with Crippen LogP contribution in [0.2, 0.25) is 0 Å². The molecule has 1 aromatic heterocycles. The van der Waals surface area contributed by atoms with E-state index >= 15 is 0 Å². The van der Waals surface area contributed by atoms with Crippen LogP contribution in [-0.2, 0) is 20.8 Å². The number of carbonyl (C=O) groups is 3. The lowest BCUT2D eigenvalue weighted by Gasteiger charge is -2.30. The van der Waals surface area contributed by atoms with Gasteiger partial charge >= 0.3 is 0 Å².